The summed E-state index contributed by atoms with van der Waals surface area (Å²) in [6.07, 6.45) is 9.56. The molecular weight excluding hydrogens is 516 g/mol. The van der Waals surface area contributed by atoms with Gasteiger partial charge in [-0.15, -0.1) is 6.58 Å². The standard InChI is InChI=1S/C29H30N4O5S/c1-5-8-29(9-10-29)39(36,37)33-16-18(2)27-23(12-20(13-24(27)33)21-14-30-17-31-15-21)25(34)7-6-22-26(38-4)11-19(3)32-28(22)35/h5,11-17H,1,6-10H2,2-4H3,(H,32,35). The summed E-state index contributed by atoms with van der Waals surface area (Å²) in [4.78, 5) is 37.3. The van der Waals surface area contributed by atoms with E-state index in [9.17, 15) is 18.0 Å². The lowest BCUT2D eigenvalue weighted by molar-refractivity contribution is 0.0984. The molecule has 1 aromatic carbocycles. The highest BCUT2D eigenvalue weighted by Crippen LogP contribution is 2.49. The van der Waals surface area contributed by atoms with Crippen molar-refractivity contribution in [3.8, 4) is 16.9 Å². The van der Waals surface area contributed by atoms with Gasteiger partial charge in [0.1, 0.15) is 12.1 Å². The number of hydrogen-bond donors (Lipinski definition) is 1. The molecule has 4 aromatic rings. The van der Waals surface area contributed by atoms with Crippen molar-refractivity contribution in [1.29, 1.82) is 0 Å². The summed E-state index contributed by atoms with van der Waals surface area (Å²) in [5.74, 6) is 0.209. The number of pyridine rings is 1. The molecule has 202 valence electrons. The summed E-state index contributed by atoms with van der Waals surface area (Å²) in [6, 6.07) is 5.25. The van der Waals surface area contributed by atoms with E-state index >= 15 is 0 Å². The first-order valence-corrected chi connectivity index (χ1v) is 14.1. The zero-order valence-corrected chi connectivity index (χ0v) is 23.0. The third-order valence-electron chi connectivity index (χ3n) is 7.44. The van der Waals surface area contributed by atoms with Crippen molar-refractivity contribution >= 4 is 26.7 Å². The molecule has 39 heavy (non-hydrogen) atoms. The second kappa shape index (κ2) is 9.92. The summed E-state index contributed by atoms with van der Waals surface area (Å²) < 4.78 is 33.6. The predicted octanol–water partition coefficient (Wildman–Crippen LogP) is 4.51. The van der Waals surface area contributed by atoms with Crippen LogP contribution in [0.5, 0.6) is 5.75 Å². The number of benzene rings is 1. The molecule has 3 heterocycles. The molecule has 0 saturated heterocycles. The minimum Gasteiger partial charge on any atom is -0.496 e. The molecule has 1 saturated carbocycles. The van der Waals surface area contributed by atoms with Gasteiger partial charge >= 0.3 is 0 Å². The first kappa shape index (κ1) is 26.6. The first-order valence-electron chi connectivity index (χ1n) is 12.7. The smallest absolute Gasteiger partial charge is 0.255 e. The Kier molecular flexibility index (Phi) is 6.76. The second-order valence-electron chi connectivity index (χ2n) is 10.1. The Morgan fingerprint density at radius 2 is 1.90 bits per heavy atom. The van der Waals surface area contributed by atoms with E-state index in [-0.39, 0.29) is 24.2 Å². The van der Waals surface area contributed by atoms with Gasteiger partial charge in [0.05, 0.1) is 22.9 Å². The van der Waals surface area contributed by atoms with E-state index in [1.807, 2.05) is 0 Å². The van der Waals surface area contributed by atoms with E-state index in [0.717, 1.165) is 0 Å². The van der Waals surface area contributed by atoms with Gasteiger partial charge in [0.25, 0.3) is 5.56 Å². The lowest BCUT2D eigenvalue weighted by Crippen LogP contribution is -2.28. The number of carbonyl (C=O) groups is 1. The maximum absolute atomic E-state index is 13.9. The maximum Gasteiger partial charge on any atom is 0.255 e. The molecule has 10 heteroatoms. The van der Waals surface area contributed by atoms with Crippen molar-refractivity contribution in [2.45, 2.75) is 50.7 Å². The first-order chi connectivity index (χ1) is 18.6. The number of aromatic nitrogens is 4. The van der Waals surface area contributed by atoms with Crippen LogP contribution in [0.1, 0.15) is 52.9 Å². The third-order valence-corrected chi connectivity index (χ3v) is 9.93. The van der Waals surface area contributed by atoms with Crippen LogP contribution in [-0.4, -0.2) is 45.0 Å². The van der Waals surface area contributed by atoms with Crippen LogP contribution >= 0.6 is 0 Å². The van der Waals surface area contributed by atoms with Gasteiger partial charge in [-0.05, 0) is 68.9 Å². The Morgan fingerprint density at radius 3 is 2.54 bits per heavy atom. The number of aromatic amines is 1. The van der Waals surface area contributed by atoms with Crippen LogP contribution in [0.4, 0.5) is 0 Å². The van der Waals surface area contributed by atoms with Gasteiger partial charge in [-0.3, -0.25) is 9.59 Å². The number of H-pyrrole nitrogens is 1. The Morgan fingerprint density at radius 1 is 1.18 bits per heavy atom. The molecule has 5 rings (SSSR count). The van der Waals surface area contributed by atoms with Gasteiger partial charge in [0.15, 0.2) is 5.78 Å². The number of hydrogen-bond acceptors (Lipinski definition) is 7. The zero-order valence-electron chi connectivity index (χ0n) is 22.2. The average molecular weight is 547 g/mol. The normalized spacial score (nSPS) is 14.3. The fourth-order valence-corrected chi connectivity index (χ4v) is 7.28. The number of carbonyl (C=O) groups excluding carboxylic acids is 1. The fourth-order valence-electron chi connectivity index (χ4n) is 5.22. The molecule has 0 atom stereocenters. The summed E-state index contributed by atoms with van der Waals surface area (Å²) in [5.41, 5.74) is 3.51. The largest absolute Gasteiger partial charge is 0.496 e. The van der Waals surface area contributed by atoms with Crippen LogP contribution in [0.25, 0.3) is 22.0 Å². The number of nitrogens with one attached hydrogen (secondary N) is 1. The Balaban J connectivity index is 1.64. The Hall–Kier alpha value is -4.05. The third kappa shape index (κ3) is 4.58. The molecule has 3 aromatic heterocycles. The zero-order chi connectivity index (χ0) is 27.9. The molecule has 0 unspecified atom stereocenters. The summed E-state index contributed by atoms with van der Waals surface area (Å²) in [5, 5.41) is 0.573. The van der Waals surface area contributed by atoms with E-state index < -0.39 is 14.8 Å². The van der Waals surface area contributed by atoms with Crippen molar-refractivity contribution < 1.29 is 17.9 Å². The van der Waals surface area contributed by atoms with Crippen molar-refractivity contribution in [3.63, 3.8) is 0 Å². The topological polar surface area (TPSA) is 124 Å². The summed E-state index contributed by atoms with van der Waals surface area (Å²) in [7, 11) is -2.28. The maximum atomic E-state index is 13.9. The van der Waals surface area contributed by atoms with Crippen LogP contribution in [0.15, 0.2) is 60.6 Å². The number of allylic oxidation sites excluding steroid dienone is 1. The number of methoxy groups -OCH3 is 1. The van der Waals surface area contributed by atoms with Crippen molar-refractivity contribution in [2.75, 3.05) is 7.11 Å². The number of ether oxygens (including phenoxy) is 1. The summed E-state index contributed by atoms with van der Waals surface area (Å²) >= 11 is 0. The van der Waals surface area contributed by atoms with E-state index in [2.05, 4.69) is 21.5 Å². The van der Waals surface area contributed by atoms with E-state index in [1.54, 1.807) is 56.7 Å². The van der Waals surface area contributed by atoms with Gasteiger partial charge in [-0.25, -0.2) is 22.4 Å². The van der Waals surface area contributed by atoms with Gasteiger partial charge in [0.2, 0.25) is 10.0 Å². The van der Waals surface area contributed by atoms with E-state index in [0.29, 0.717) is 69.4 Å². The van der Waals surface area contributed by atoms with Crippen LogP contribution in [0, 0.1) is 13.8 Å². The Labute approximate surface area is 226 Å². The number of Topliss-reactive ketones (excluding diaryl/α,β-unsaturated/α-hetero) is 1. The predicted molar refractivity (Wildman–Crippen MR) is 150 cm³/mol. The minimum atomic E-state index is -3.77. The fraction of sp³-hybridized carbons (Fsp3) is 0.310. The highest BCUT2D eigenvalue weighted by Gasteiger charge is 2.54. The molecular formula is C29H30N4O5S. The lowest BCUT2D eigenvalue weighted by Gasteiger charge is -2.17. The second-order valence-corrected chi connectivity index (χ2v) is 12.3. The van der Waals surface area contributed by atoms with Crippen LogP contribution < -0.4 is 10.3 Å². The summed E-state index contributed by atoms with van der Waals surface area (Å²) in [6.45, 7) is 7.32. The molecule has 1 aliphatic rings. The number of rotatable bonds is 10. The average Bonchev–Trinajstić information content (AvgIpc) is 3.64. The molecule has 0 bridgehead atoms. The monoisotopic (exact) mass is 546 g/mol. The van der Waals surface area contributed by atoms with Gasteiger partial charge in [-0.2, -0.15) is 0 Å². The number of ketones is 1. The molecule has 0 amide bonds. The highest BCUT2D eigenvalue weighted by molar-refractivity contribution is 7.91. The molecule has 9 nitrogen and oxygen atoms in total. The van der Waals surface area contributed by atoms with Gasteiger partial charge in [0, 0.05) is 47.2 Å². The van der Waals surface area contributed by atoms with Gasteiger partial charge in [-0.1, -0.05) is 6.08 Å². The quantitative estimate of drug-likeness (QED) is 0.229. The Bertz CT molecular complexity index is 1770. The van der Waals surface area contributed by atoms with E-state index in [4.69, 9.17) is 4.74 Å². The van der Waals surface area contributed by atoms with Gasteiger partial charge < -0.3 is 9.72 Å². The van der Waals surface area contributed by atoms with Crippen molar-refractivity contribution in [3.05, 3.63) is 88.5 Å². The molecule has 1 N–H and O–H groups in total. The van der Waals surface area contributed by atoms with Crippen molar-refractivity contribution in [1.82, 2.24) is 18.9 Å². The molecule has 0 aliphatic heterocycles. The number of nitrogens with zero attached hydrogens (tertiary/aromatic N) is 3. The van der Waals surface area contributed by atoms with Crippen LogP contribution in [0.2, 0.25) is 0 Å². The highest BCUT2D eigenvalue weighted by atomic mass is 32.2. The SMILES string of the molecule is C=CCC1(S(=O)(=O)n2cc(C)c3c(C(=O)CCc4c(OC)cc(C)[nH]c4=O)cc(-c4cncnc4)cc32)CC1. The lowest BCUT2D eigenvalue weighted by atomic mass is 9.95. The molecule has 1 fully saturated rings. The van der Waals surface area contributed by atoms with Crippen LogP contribution in [0.3, 0.4) is 0 Å². The number of aryl methyl sites for hydroxylation is 2. The van der Waals surface area contributed by atoms with Crippen molar-refractivity contribution in [2.24, 2.45) is 0 Å². The minimum absolute atomic E-state index is 0.0319. The molecule has 0 radical (unpaired) electrons. The van der Waals surface area contributed by atoms with Crippen LogP contribution in [-0.2, 0) is 16.4 Å². The molecule has 0 spiro atoms. The number of fused-ring (bicyclic) bond motifs is 1. The van der Waals surface area contributed by atoms with E-state index in [1.165, 1.54) is 17.4 Å². The molecule has 1 aliphatic carbocycles.